The summed E-state index contributed by atoms with van der Waals surface area (Å²) < 4.78 is 8.93. The van der Waals surface area contributed by atoms with E-state index in [9.17, 15) is 0 Å². The van der Waals surface area contributed by atoms with Gasteiger partial charge in [0.2, 0.25) is 0 Å². The fourth-order valence-corrected chi connectivity index (χ4v) is 5.69. The number of imidazole rings is 2. The van der Waals surface area contributed by atoms with Crippen molar-refractivity contribution in [1.29, 1.82) is 0 Å². The molecule has 2 unspecified atom stereocenters. The molecule has 172 valence electrons. The first-order valence-corrected chi connectivity index (χ1v) is 12.3. The van der Waals surface area contributed by atoms with E-state index in [1.807, 2.05) is 12.4 Å². The summed E-state index contributed by atoms with van der Waals surface area (Å²) in [5.41, 5.74) is 8.36. The highest BCUT2D eigenvalue weighted by atomic mass is 16.5. The average molecular weight is 453 g/mol. The van der Waals surface area contributed by atoms with Crippen LogP contribution in [0, 0.1) is 0 Å². The molecule has 1 aliphatic carbocycles. The van der Waals surface area contributed by atoms with Gasteiger partial charge < -0.3 is 24.6 Å². The first kappa shape index (κ1) is 19.9. The Morgan fingerprint density at radius 3 is 2.94 bits per heavy atom. The monoisotopic (exact) mass is 452 g/mol. The van der Waals surface area contributed by atoms with Gasteiger partial charge in [-0.1, -0.05) is 13.0 Å². The van der Waals surface area contributed by atoms with Crippen LogP contribution in [-0.2, 0) is 4.74 Å². The van der Waals surface area contributed by atoms with E-state index in [-0.39, 0.29) is 6.23 Å². The molecule has 7 nitrogen and oxygen atoms in total. The van der Waals surface area contributed by atoms with Crippen LogP contribution in [0.2, 0.25) is 0 Å². The number of nitrogens with zero attached hydrogens (tertiary/aromatic N) is 3. The van der Waals surface area contributed by atoms with E-state index in [0.29, 0.717) is 6.04 Å². The van der Waals surface area contributed by atoms with E-state index < -0.39 is 0 Å². The molecule has 4 aromatic rings. The third-order valence-corrected chi connectivity index (χ3v) is 7.44. The zero-order valence-corrected chi connectivity index (χ0v) is 19.3. The van der Waals surface area contributed by atoms with Crippen molar-refractivity contribution >= 4 is 22.0 Å². The Balaban J connectivity index is 1.29. The molecule has 3 aliphatic rings. The van der Waals surface area contributed by atoms with Gasteiger partial charge in [0.1, 0.15) is 11.6 Å². The smallest absolute Gasteiger partial charge is 0.176 e. The molecular formula is C27H28N6O. The summed E-state index contributed by atoms with van der Waals surface area (Å²) in [6, 6.07) is 9.39. The molecule has 7 heteroatoms. The molecule has 7 rings (SSSR count). The fourth-order valence-electron chi connectivity index (χ4n) is 5.69. The summed E-state index contributed by atoms with van der Waals surface area (Å²) in [7, 11) is 0. The van der Waals surface area contributed by atoms with E-state index >= 15 is 0 Å². The van der Waals surface area contributed by atoms with Crippen molar-refractivity contribution in [3.05, 3.63) is 72.0 Å². The Hall–Kier alpha value is -3.58. The van der Waals surface area contributed by atoms with Gasteiger partial charge in [0, 0.05) is 22.9 Å². The van der Waals surface area contributed by atoms with Crippen LogP contribution < -0.4 is 5.32 Å². The number of allylic oxidation sites excluding steroid dienone is 3. The Morgan fingerprint density at radius 2 is 2.12 bits per heavy atom. The Kier molecular flexibility index (Phi) is 4.52. The Morgan fingerprint density at radius 1 is 1.15 bits per heavy atom. The summed E-state index contributed by atoms with van der Waals surface area (Å²) in [5.74, 6) is 2.04. The summed E-state index contributed by atoms with van der Waals surface area (Å²) in [5, 5.41) is 4.76. The van der Waals surface area contributed by atoms with Crippen molar-refractivity contribution in [2.45, 2.75) is 51.3 Å². The molecule has 3 N–H and O–H groups in total. The van der Waals surface area contributed by atoms with Gasteiger partial charge in [-0.25, -0.2) is 9.97 Å². The number of ether oxygens (including phenoxy) is 1. The van der Waals surface area contributed by atoms with Crippen LogP contribution in [0.15, 0.2) is 54.8 Å². The lowest BCUT2D eigenvalue weighted by atomic mass is 9.92. The van der Waals surface area contributed by atoms with Gasteiger partial charge in [-0.05, 0) is 62.1 Å². The molecule has 1 aromatic carbocycles. The van der Waals surface area contributed by atoms with E-state index in [4.69, 9.17) is 4.74 Å². The van der Waals surface area contributed by atoms with E-state index in [1.165, 1.54) is 39.7 Å². The Bertz CT molecular complexity index is 1430. The number of benzene rings is 1. The third-order valence-electron chi connectivity index (χ3n) is 7.44. The van der Waals surface area contributed by atoms with Crippen LogP contribution in [0.25, 0.3) is 33.3 Å². The summed E-state index contributed by atoms with van der Waals surface area (Å²) in [6.45, 7) is 3.26. The van der Waals surface area contributed by atoms with E-state index in [1.54, 1.807) is 6.33 Å². The highest BCUT2D eigenvalue weighted by Crippen LogP contribution is 2.44. The SMILES string of the molecule is CCC1OC2=C(CCC(c3cnc[nH]3)=C2)c2cc3cc(-c4cnc(C5CCCN5)[nH]4)ccc3n21. The minimum atomic E-state index is -0.0123. The number of aromatic nitrogens is 5. The van der Waals surface area contributed by atoms with Gasteiger partial charge in [-0.2, -0.15) is 0 Å². The van der Waals surface area contributed by atoms with Gasteiger partial charge in [0.15, 0.2) is 6.23 Å². The highest BCUT2D eigenvalue weighted by molar-refractivity contribution is 5.91. The molecule has 1 saturated heterocycles. The van der Waals surface area contributed by atoms with E-state index in [2.05, 4.69) is 67.1 Å². The lowest BCUT2D eigenvalue weighted by molar-refractivity contribution is 0.0570. The van der Waals surface area contributed by atoms with Crippen LogP contribution in [-0.4, -0.2) is 31.0 Å². The van der Waals surface area contributed by atoms with Crippen molar-refractivity contribution in [3.63, 3.8) is 0 Å². The minimum Gasteiger partial charge on any atom is -0.470 e. The Labute approximate surface area is 198 Å². The quantitative estimate of drug-likeness (QED) is 0.371. The zero-order chi connectivity index (χ0) is 22.6. The number of H-pyrrole nitrogens is 2. The number of aromatic amines is 2. The molecule has 2 atom stereocenters. The molecule has 0 spiro atoms. The molecule has 3 aromatic heterocycles. The summed E-state index contributed by atoms with van der Waals surface area (Å²) >= 11 is 0. The average Bonchev–Trinajstić information content (AvgIpc) is 3.68. The minimum absolute atomic E-state index is 0.0123. The molecule has 2 aliphatic heterocycles. The molecule has 0 saturated carbocycles. The standard InChI is InChI=1S/C27H28N6O/c1-2-26-33-23-8-6-16(22-14-30-27(32-22)20-4-3-9-29-20)10-18(23)11-24(33)19-7-5-17(12-25(19)34-26)21-13-28-15-31-21/h6,8,10-15,20,26,29H,2-5,7,9H2,1H3,(H,28,31)(H,30,32). The van der Waals surface area contributed by atoms with Crippen molar-refractivity contribution in [1.82, 2.24) is 29.8 Å². The van der Waals surface area contributed by atoms with Crippen molar-refractivity contribution < 1.29 is 4.74 Å². The van der Waals surface area contributed by atoms with Crippen molar-refractivity contribution in [2.75, 3.05) is 6.54 Å². The van der Waals surface area contributed by atoms with Crippen LogP contribution in [0.4, 0.5) is 0 Å². The third kappa shape index (κ3) is 3.07. The first-order valence-electron chi connectivity index (χ1n) is 12.3. The highest BCUT2D eigenvalue weighted by Gasteiger charge is 2.30. The number of fused-ring (bicyclic) bond motifs is 4. The van der Waals surface area contributed by atoms with Gasteiger partial charge >= 0.3 is 0 Å². The van der Waals surface area contributed by atoms with Gasteiger partial charge in [0.05, 0.1) is 47.4 Å². The largest absolute Gasteiger partial charge is 0.470 e. The van der Waals surface area contributed by atoms with Crippen molar-refractivity contribution in [2.24, 2.45) is 0 Å². The fraction of sp³-hybridized carbons (Fsp3) is 0.333. The maximum atomic E-state index is 6.54. The summed E-state index contributed by atoms with van der Waals surface area (Å²) in [6.07, 6.45) is 13.0. The van der Waals surface area contributed by atoms with Gasteiger partial charge in [0.25, 0.3) is 0 Å². The second kappa shape index (κ2) is 7.74. The molecular weight excluding hydrogens is 424 g/mol. The predicted octanol–water partition coefficient (Wildman–Crippen LogP) is 5.71. The second-order valence-electron chi connectivity index (χ2n) is 9.46. The first-order chi connectivity index (χ1) is 16.8. The lowest BCUT2D eigenvalue weighted by Crippen LogP contribution is -2.21. The van der Waals surface area contributed by atoms with Gasteiger partial charge in [-0.15, -0.1) is 0 Å². The molecule has 5 heterocycles. The molecule has 0 bridgehead atoms. The summed E-state index contributed by atoms with van der Waals surface area (Å²) in [4.78, 5) is 15.6. The topological polar surface area (TPSA) is 83.6 Å². The number of nitrogens with one attached hydrogen (secondary N) is 3. The molecule has 1 fully saturated rings. The van der Waals surface area contributed by atoms with Crippen molar-refractivity contribution in [3.8, 4) is 11.3 Å². The predicted molar refractivity (Wildman–Crippen MR) is 133 cm³/mol. The van der Waals surface area contributed by atoms with E-state index in [0.717, 1.165) is 55.2 Å². The molecule has 34 heavy (non-hydrogen) atoms. The molecule has 0 radical (unpaired) electrons. The maximum absolute atomic E-state index is 6.54. The zero-order valence-electron chi connectivity index (χ0n) is 19.3. The van der Waals surface area contributed by atoms with Crippen LogP contribution in [0.1, 0.15) is 68.5 Å². The number of hydrogen-bond donors (Lipinski definition) is 3. The van der Waals surface area contributed by atoms with Crippen LogP contribution in [0.3, 0.4) is 0 Å². The normalized spacial score (nSPS) is 22.0. The molecule has 0 amide bonds. The number of rotatable bonds is 4. The van der Waals surface area contributed by atoms with Crippen LogP contribution >= 0.6 is 0 Å². The maximum Gasteiger partial charge on any atom is 0.176 e. The van der Waals surface area contributed by atoms with Crippen LogP contribution in [0.5, 0.6) is 0 Å². The lowest BCUT2D eigenvalue weighted by Gasteiger charge is -2.32. The number of hydrogen-bond acceptors (Lipinski definition) is 4. The van der Waals surface area contributed by atoms with Gasteiger partial charge in [-0.3, -0.25) is 0 Å². The second-order valence-corrected chi connectivity index (χ2v) is 9.46.